The Morgan fingerprint density at radius 2 is 2.00 bits per heavy atom. The second-order valence-electron chi connectivity index (χ2n) is 4.60. The summed E-state index contributed by atoms with van der Waals surface area (Å²) in [7, 11) is 0. The van der Waals surface area contributed by atoms with Gasteiger partial charge in [-0.25, -0.2) is 0 Å². The lowest BCUT2D eigenvalue weighted by molar-refractivity contribution is 0.101. The normalized spacial score (nSPS) is 14.1. The molecule has 0 saturated heterocycles. The van der Waals surface area contributed by atoms with Gasteiger partial charge in [0.2, 0.25) is 0 Å². The van der Waals surface area contributed by atoms with Gasteiger partial charge in [-0.2, -0.15) is 0 Å². The molecule has 4 rings (SSSR count). The number of carbonyl (C=O) groups excluding carboxylic acids is 1. The molecule has 0 unspecified atom stereocenters. The van der Waals surface area contributed by atoms with E-state index in [9.17, 15) is 4.79 Å². The first-order chi connectivity index (χ1) is 9.77. The van der Waals surface area contributed by atoms with Gasteiger partial charge in [-0.3, -0.25) is 14.7 Å². The number of carbonyl (C=O) groups is 1. The summed E-state index contributed by atoms with van der Waals surface area (Å²) >= 11 is 1.46. The van der Waals surface area contributed by atoms with Crippen LogP contribution in [0.15, 0.2) is 54.6 Å². The number of para-hydroxylation sites is 1. The molecule has 0 atom stereocenters. The van der Waals surface area contributed by atoms with Crippen molar-refractivity contribution in [2.24, 2.45) is 0 Å². The molecule has 1 aliphatic heterocycles. The highest BCUT2D eigenvalue weighted by Crippen LogP contribution is 2.40. The van der Waals surface area contributed by atoms with Gasteiger partial charge in [0.25, 0.3) is 5.91 Å². The molecule has 2 aromatic heterocycles. The summed E-state index contributed by atoms with van der Waals surface area (Å²) in [5.41, 5.74) is 3.26. The number of hydrogen-bond acceptors (Lipinski definition) is 3. The lowest BCUT2D eigenvalue weighted by Gasteiger charge is -2.19. The van der Waals surface area contributed by atoms with Crippen LogP contribution >= 0.6 is 11.3 Å². The minimum atomic E-state index is -0.0156. The van der Waals surface area contributed by atoms with Crippen molar-refractivity contribution in [2.75, 3.05) is 4.90 Å². The molecule has 96 valence electrons. The summed E-state index contributed by atoms with van der Waals surface area (Å²) in [6.45, 7) is 4.07. The Hall–Kier alpha value is -2.46. The molecule has 20 heavy (non-hydrogen) atoms. The van der Waals surface area contributed by atoms with E-state index in [1.54, 1.807) is 11.1 Å². The number of rotatable bonds is 1. The van der Waals surface area contributed by atoms with Crippen molar-refractivity contribution in [2.45, 2.75) is 0 Å². The van der Waals surface area contributed by atoms with E-state index in [2.05, 4.69) is 11.6 Å². The molecule has 1 aliphatic rings. The summed E-state index contributed by atoms with van der Waals surface area (Å²) in [6, 6.07) is 11.7. The highest BCUT2D eigenvalue weighted by Gasteiger charge is 2.34. The van der Waals surface area contributed by atoms with Crippen molar-refractivity contribution in [1.82, 2.24) is 4.98 Å². The number of anilines is 1. The molecule has 1 aromatic carbocycles. The molecule has 4 heteroatoms. The molecule has 0 N–H and O–H groups in total. The second kappa shape index (κ2) is 4.02. The maximum absolute atomic E-state index is 12.6. The van der Waals surface area contributed by atoms with E-state index < -0.39 is 0 Å². The van der Waals surface area contributed by atoms with Gasteiger partial charge in [0.05, 0.1) is 16.9 Å². The van der Waals surface area contributed by atoms with Crippen molar-refractivity contribution >= 4 is 39.5 Å². The van der Waals surface area contributed by atoms with Crippen molar-refractivity contribution in [3.05, 3.63) is 65.0 Å². The van der Waals surface area contributed by atoms with Crippen molar-refractivity contribution < 1.29 is 4.79 Å². The fraction of sp³-hybridized carbons (Fsp3) is 0. The molecule has 3 aromatic rings. The van der Waals surface area contributed by atoms with Crippen LogP contribution < -0.4 is 4.90 Å². The first kappa shape index (κ1) is 11.4. The van der Waals surface area contributed by atoms with Gasteiger partial charge in [0.1, 0.15) is 4.88 Å². The largest absolute Gasteiger partial charge is 0.274 e. The highest BCUT2D eigenvalue weighted by atomic mass is 32.1. The standard InChI is InChI=1S/C16H10N2OS/c1-10-12-7-9-20-15(12)16(19)18(10)13-6-2-4-11-5-3-8-17-14(11)13/h2-9H,1H2. The Balaban J connectivity index is 1.95. The third-order valence-electron chi connectivity index (χ3n) is 3.50. The summed E-state index contributed by atoms with van der Waals surface area (Å²) in [5, 5.41) is 2.94. The highest BCUT2D eigenvalue weighted by molar-refractivity contribution is 7.12. The monoisotopic (exact) mass is 278 g/mol. The van der Waals surface area contributed by atoms with E-state index in [1.807, 2.05) is 41.8 Å². The number of amides is 1. The van der Waals surface area contributed by atoms with Crippen LogP contribution in [0, 0.1) is 0 Å². The molecule has 0 spiro atoms. The quantitative estimate of drug-likeness (QED) is 0.675. The Morgan fingerprint density at radius 3 is 2.85 bits per heavy atom. The molecule has 1 amide bonds. The number of pyridine rings is 1. The van der Waals surface area contributed by atoms with Crippen LogP contribution in [0.4, 0.5) is 5.69 Å². The molecule has 0 radical (unpaired) electrons. The van der Waals surface area contributed by atoms with E-state index in [0.717, 1.165) is 32.7 Å². The molecular formula is C16H10N2OS. The number of hydrogen-bond donors (Lipinski definition) is 0. The van der Waals surface area contributed by atoms with Crippen LogP contribution in [0.1, 0.15) is 15.2 Å². The van der Waals surface area contributed by atoms with Gasteiger partial charge in [-0.15, -0.1) is 11.3 Å². The number of benzene rings is 1. The number of thiophene rings is 1. The van der Waals surface area contributed by atoms with E-state index in [-0.39, 0.29) is 5.91 Å². The molecular weight excluding hydrogens is 268 g/mol. The van der Waals surface area contributed by atoms with E-state index in [0.29, 0.717) is 0 Å². The molecule has 3 nitrogen and oxygen atoms in total. The Bertz CT molecular complexity index is 830. The Labute approximate surface area is 119 Å². The lowest BCUT2D eigenvalue weighted by Crippen LogP contribution is -2.22. The first-order valence-corrected chi connectivity index (χ1v) is 7.10. The fourth-order valence-corrected chi connectivity index (χ4v) is 3.42. The maximum atomic E-state index is 12.6. The minimum Gasteiger partial charge on any atom is -0.274 e. The molecule has 3 heterocycles. The van der Waals surface area contributed by atoms with Crippen LogP contribution in [0.5, 0.6) is 0 Å². The average molecular weight is 278 g/mol. The van der Waals surface area contributed by atoms with Gasteiger partial charge in [-0.05, 0) is 23.6 Å². The van der Waals surface area contributed by atoms with E-state index in [4.69, 9.17) is 0 Å². The van der Waals surface area contributed by atoms with Gasteiger partial charge in [-0.1, -0.05) is 24.8 Å². The number of nitrogens with zero attached hydrogens (tertiary/aromatic N) is 2. The maximum Gasteiger partial charge on any atom is 0.273 e. The Morgan fingerprint density at radius 1 is 1.15 bits per heavy atom. The predicted molar refractivity (Wildman–Crippen MR) is 81.9 cm³/mol. The van der Waals surface area contributed by atoms with Crippen molar-refractivity contribution in [3.8, 4) is 0 Å². The smallest absolute Gasteiger partial charge is 0.273 e. The van der Waals surface area contributed by atoms with Crippen LogP contribution in [-0.4, -0.2) is 10.9 Å². The van der Waals surface area contributed by atoms with Crippen LogP contribution in [0.25, 0.3) is 16.6 Å². The van der Waals surface area contributed by atoms with Crippen molar-refractivity contribution in [1.29, 1.82) is 0 Å². The number of aromatic nitrogens is 1. The predicted octanol–water partition coefficient (Wildman–Crippen LogP) is 3.93. The first-order valence-electron chi connectivity index (χ1n) is 6.22. The number of fused-ring (bicyclic) bond motifs is 2. The summed E-state index contributed by atoms with van der Waals surface area (Å²) in [4.78, 5) is 19.4. The zero-order valence-electron chi connectivity index (χ0n) is 10.5. The molecule has 0 fully saturated rings. The molecule has 0 aliphatic carbocycles. The van der Waals surface area contributed by atoms with Gasteiger partial charge in [0, 0.05) is 17.1 Å². The summed E-state index contributed by atoms with van der Waals surface area (Å²) < 4.78 is 0. The molecule has 0 bridgehead atoms. The van der Waals surface area contributed by atoms with Crippen LogP contribution in [-0.2, 0) is 0 Å². The lowest BCUT2D eigenvalue weighted by atomic mass is 10.1. The fourth-order valence-electron chi connectivity index (χ4n) is 2.57. The SMILES string of the molecule is C=C1c2ccsc2C(=O)N1c1cccc2cccnc12. The van der Waals surface area contributed by atoms with Crippen LogP contribution in [0.3, 0.4) is 0 Å². The summed E-state index contributed by atoms with van der Waals surface area (Å²) in [5.74, 6) is -0.0156. The zero-order chi connectivity index (χ0) is 13.7. The summed E-state index contributed by atoms with van der Waals surface area (Å²) in [6.07, 6.45) is 1.74. The van der Waals surface area contributed by atoms with Crippen molar-refractivity contribution in [3.63, 3.8) is 0 Å². The van der Waals surface area contributed by atoms with Gasteiger partial charge >= 0.3 is 0 Å². The Kier molecular flexibility index (Phi) is 2.28. The third-order valence-corrected chi connectivity index (χ3v) is 4.40. The van der Waals surface area contributed by atoms with Gasteiger partial charge in [0.15, 0.2) is 0 Å². The average Bonchev–Trinajstić information content (AvgIpc) is 3.04. The zero-order valence-corrected chi connectivity index (χ0v) is 11.4. The van der Waals surface area contributed by atoms with E-state index >= 15 is 0 Å². The minimum absolute atomic E-state index is 0.0156. The van der Waals surface area contributed by atoms with Gasteiger partial charge < -0.3 is 0 Å². The second-order valence-corrected chi connectivity index (χ2v) is 5.52. The third kappa shape index (κ3) is 1.39. The topological polar surface area (TPSA) is 33.2 Å². The molecule has 0 saturated carbocycles. The van der Waals surface area contributed by atoms with Crippen LogP contribution in [0.2, 0.25) is 0 Å². The van der Waals surface area contributed by atoms with E-state index in [1.165, 1.54) is 11.3 Å².